The molecule has 36 heavy (non-hydrogen) atoms. The fourth-order valence-corrected chi connectivity index (χ4v) is 4.21. The Morgan fingerprint density at radius 3 is 2.67 bits per heavy atom. The highest BCUT2D eigenvalue weighted by molar-refractivity contribution is 5.93. The minimum Gasteiger partial charge on any atom is -0.497 e. The van der Waals surface area contributed by atoms with Crippen LogP contribution < -0.4 is 4.74 Å². The topological polar surface area (TPSA) is 97.1 Å². The van der Waals surface area contributed by atoms with E-state index in [1.165, 1.54) is 12.1 Å². The SMILES string of the molecule is COc1cccc(-c2cc(C(=O)N3CCCC(c4nnc(-c5ccc(C(F)(F)F)cc5)o4)C3)[nH]n2)c1. The van der Waals surface area contributed by atoms with Crippen LogP contribution in [0.15, 0.2) is 59.0 Å². The molecule has 1 aliphatic heterocycles. The van der Waals surface area contributed by atoms with E-state index < -0.39 is 11.7 Å². The lowest BCUT2D eigenvalue weighted by atomic mass is 9.97. The van der Waals surface area contributed by atoms with Gasteiger partial charge in [0.1, 0.15) is 11.4 Å². The normalized spacial score (nSPS) is 16.2. The maximum Gasteiger partial charge on any atom is 0.416 e. The Balaban J connectivity index is 1.28. The summed E-state index contributed by atoms with van der Waals surface area (Å²) in [6, 6.07) is 13.7. The van der Waals surface area contributed by atoms with Crippen LogP contribution in [0.1, 0.15) is 40.7 Å². The van der Waals surface area contributed by atoms with Crippen molar-refractivity contribution in [1.82, 2.24) is 25.3 Å². The molecule has 1 saturated heterocycles. The number of hydrogen-bond donors (Lipinski definition) is 1. The maximum absolute atomic E-state index is 13.2. The summed E-state index contributed by atoms with van der Waals surface area (Å²) in [5, 5.41) is 15.2. The van der Waals surface area contributed by atoms with Crippen molar-refractivity contribution in [3.05, 3.63) is 71.7 Å². The highest BCUT2D eigenvalue weighted by Gasteiger charge is 2.31. The largest absolute Gasteiger partial charge is 0.497 e. The molecule has 1 aliphatic rings. The smallest absolute Gasteiger partial charge is 0.416 e. The van der Waals surface area contributed by atoms with Gasteiger partial charge in [-0.3, -0.25) is 9.89 Å². The Morgan fingerprint density at radius 1 is 1.11 bits per heavy atom. The van der Waals surface area contributed by atoms with Crippen molar-refractivity contribution in [3.8, 4) is 28.5 Å². The summed E-state index contributed by atoms with van der Waals surface area (Å²) < 4.78 is 49.5. The van der Waals surface area contributed by atoms with Crippen LogP contribution >= 0.6 is 0 Å². The van der Waals surface area contributed by atoms with Gasteiger partial charge in [0.05, 0.1) is 24.3 Å². The highest BCUT2D eigenvalue weighted by Crippen LogP contribution is 2.32. The van der Waals surface area contributed by atoms with Gasteiger partial charge >= 0.3 is 6.18 Å². The molecule has 0 aliphatic carbocycles. The van der Waals surface area contributed by atoms with E-state index in [1.54, 1.807) is 18.1 Å². The molecule has 186 valence electrons. The number of rotatable bonds is 5. The van der Waals surface area contributed by atoms with E-state index in [9.17, 15) is 18.0 Å². The molecule has 1 N–H and O–H groups in total. The van der Waals surface area contributed by atoms with Gasteiger partial charge in [-0.1, -0.05) is 12.1 Å². The molecule has 1 fully saturated rings. The number of H-pyrrole nitrogens is 1. The number of amides is 1. The number of hydrogen-bond acceptors (Lipinski definition) is 6. The average Bonchev–Trinajstić information content (AvgIpc) is 3.59. The molecule has 0 spiro atoms. The number of aromatic amines is 1. The Kier molecular flexibility index (Phi) is 6.21. The first kappa shape index (κ1) is 23.6. The third-order valence-electron chi connectivity index (χ3n) is 6.13. The number of benzene rings is 2. The van der Waals surface area contributed by atoms with Crippen LogP contribution in [0, 0.1) is 0 Å². The highest BCUT2D eigenvalue weighted by atomic mass is 19.4. The molecule has 0 radical (unpaired) electrons. The summed E-state index contributed by atoms with van der Waals surface area (Å²) in [4.78, 5) is 14.9. The number of likely N-dealkylation sites (tertiary alicyclic amines) is 1. The van der Waals surface area contributed by atoms with Crippen molar-refractivity contribution in [3.63, 3.8) is 0 Å². The van der Waals surface area contributed by atoms with Crippen molar-refractivity contribution >= 4 is 5.91 Å². The number of methoxy groups -OCH3 is 1. The van der Waals surface area contributed by atoms with Crippen molar-refractivity contribution in [2.24, 2.45) is 0 Å². The number of nitrogens with zero attached hydrogens (tertiary/aromatic N) is 4. The summed E-state index contributed by atoms with van der Waals surface area (Å²) in [7, 11) is 1.58. The second kappa shape index (κ2) is 9.48. The zero-order valence-corrected chi connectivity index (χ0v) is 19.2. The molecule has 0 saturated carbocycles. The van der Waals surface area contributed by atoms with Crippen LogP contribution in [0.25, 0.3) is 22.7 Å². The van der Waals surface area contributed by atoms with Gasteiger partial charge in [0.15, 0.2) is 0 Å². The number of ether oxygens (including phenoxy) is 1. The zero-order valence-electron chi connectivity index (χ0n) is 19.2. The van der Waals surface area contributed by atoms with Crippen LogP contribution in [0.3, 0.4) is 0 Å². The van der Waals surface area contributed by atoms with Crippen molar-refractivity contribution < 1.29 is 27.1 Å². The van der Waals surface area contributed by atoms with E-state index >= 15 is 0 Å². The summed E-state index contributed by atoms with van der Waals surface area (Å²) in [5.74, 6) is 0.809. The number of aromatic nitrogens is 4. The number of carbonyl (C=O) groups is 1. The average molecular weight is 497 g/mol. The maximum atomic E-state index is 13.2. The predicted molar refractivity (Wildman–Crippen MR) is 123 cm³/mol. The molecule has 4 aromatic rings. The van der Waals surface area contributed by atoms with E-state index in [2.05, 4.69) is 20.4 Å². The first-order valence-electron chi connectivity index (χ1n) is 11.3. The third kappa shape index (κ3) is 4.81. The zero-order chi connectivity index (χ0) is 25.3. The lowest BCUT2D eigenvalue weighted by Gasteiger charge is -2.30. The Hall–Kier alpha value is -4.15. The second-order valence-electron chi connectivity index (χ2n) is 8.51. The van der Waals surface area contributed by atoms with E-state index in [0.717, 1.165) is 30.5 Å². The summed E-state index contributed by atoms with van der Waals surface area (Å²) in [6.45, 7) is 0.948. The van der Waals surface area contributed by atoms with Gasteiger partial charge < -0.3 is 14.1 Å². The van der Waals surface area contributed by atoms with E-state index in [0.29, 0.717) is 41.7 Å². The molecule has 2 aromatic carbocycles. The van der Waals surface area contributed by atoms with Crippen LogP contribution in [0.2, 0.25) is 0 Å². The second-order valence-corrected chi connectivity index (χ2v) is 8.51. The Bertz CT molecular complexity index is 1360. The van der Waals surface area contributed by atoms with Crippen LogP contribution in [-0.4, -0.2) is 51.4 Å². The number of halogens is 3. The first-order chi connectivity index (χ1) is 17.3. The fourth-order valence-electron chi connectivity index (χ4n) is 4.21. The number of nitrogens with one attached hydrogen (secondary N) is 1. The van der Waals surface area contributed by atoms with Gasteiger partial charge in [0, 0.05) is 24.2 Å². The van der Waals surface area contributed by atoms with Crippen LogP contribution in [0.5, 0.6) is 5.75 Å². The molecule has 2 aromatic heterocycles. The molecule has 0 bridgehead atoms. The van der Waals surface area contributed by atoms with Crippen molar-refractivity contribution in [2.45, 2.75) is 24.9 Å². The van der Waals surface area contributed by atoms with E-state index in [4.69, 9.17) is 9.15 Å². The molecule has 1 unspecified atom stereocenters. The summed E-state index contributed by atoms with van der Waals surface area (Å²) >= 11 is 0. The van der Waals surface area contributed by atoms with Gasteiger partial charge in [-0.05, 0) is 55.3 Å². The van der Waals surface area contributed by atoms with Gasteiger partial charge in [-0.2, -0.15) is 18.3 Å². The number of piperidine rings is 1. The monoisotopic (exact) mass is 497 g/mol. The fraction of sp³-hybridized carbons (Fsp3) is 0.280. The molecular formula is C25H22F3N5O3. The first-order valence-corrected chi connectivity index (χ1v) is 11.3. The lowest BCUT2D eigenvalue weighted by molar-refractivity contribution is -0.137. The molecule has 5 rings (SSSR count). The van der Waals surface area contributed by atoms with Crippen molar-refractivity contribution in [1.29, 1.82) is 0 Å². The van der Waals surface area contributed by atoms with Gasteiger partial charge in [0.25, 0.3) is 5.91 Å². The van der Waals surface area contributed by atoms with Gasteiger partial charge in [0.2, 0.25) is 11.8 Å². The minimum atomic E-state index is -4.42. The molecular weight excluding hydrogens is 475 g/mol. The third-order valence-corrected chi connectivity index (χ3v) is 6.13. The summed E-state index contributed by atoms with van der Waals surface area (Å²) in [5.41, 5.74) is 1.46. The lowest BCUT2D eigenvalue weighted by Crippen LogP contribution is -2.39. The quantitative estimate of drug-likeness (QED) is 0.408. The standard InChI is InChI=1S/C25H22F3N5O3/c1-35-19-6-2-4-16(12-19)20-13-21(30-29-20)24(34)33-11-3-5-17(14-33)23-32-31-22(36-23)15-7-9-18(10-8-15)25(26,27)28/h2,4,6-10,12-13,17H,3,5,11,14H2,1H3,(H,29,30). The van der Waals surface area contributed by atoms with E-state index in [-0.39, 0.29) is 17.7 Å². The van der Waals surface area contributed by atoms with Crippen LogP contribution in [-0.2, 0) is 6.18 Å². The Labute approximate surface area is 204 Å². The van der Waals surface area contributed by atoms with Crippen LogP contribution in [0.4, 0.5) is 13.2 Å². The van der Waals surface area contributed by atoms with E-state index in [1.807, 2.05) is 24.3 Å². The van der Waals surface area contributed by atoms with Gasteiger partial charge in [-0.15, -0.1) is 10.2 Å². The number of carbonyl (C=O) groups excluding carboxylic acids is 1. The molecule has 11 heteroatoms. The van der Waals surface area contributed by atoms with Gasteiger partial charge in [-0.25, -0.2) is 0 Å². The summed E-state index contributed by atoms with van der Waals surface area (Å²) in [6.07, 6.45) is -2.93. The number of alkyl halides is 3. The Morgan fingerprint density at radius 2 is 1.92 bits per heavy atom. The molecule has 8 nitrogen and oxygen atoms in total. The molecule has 1 amide bonds. The molecule has 3 heterocycles. The minimum absolute atomic E-state index is 0.138. The predicted octanol–water partition coefficient (Wildman–Crippen LogP) is 5.17. The molecule has 1 atom stereocenters. The van der Waals surface area contributed by atoms with Crippen molar-refractivity contribution in [2.75, 3.05) is 20.2 Å².